The Morgan fingerprint density at radius 2 is 1.84 bits per heavy atom. The fourth-order valence-corrected chi connectivity index (χ4v) is 3.83. The van der Waals surface area contributed by atoms with E-state index in [4.69, 9.17) is 14.5 Å². The zero-order valence-corrected chi connectivity index (χ0v) is 17.5. The van der Waals surface area contributed by atoms with E-state index in [1.807, 2.05) is 43.3 Å². The van der Waals surface area contributed by atoms with E-state index in [9.17, 15) is 9.50 Å². The third kappa shape index (κ3) is 4.39. The number of aliphatic imine (C=N–C) groups is 1. The van der Waals surface area contributed by atoms with E-state index < -0.39 is 6.17 Å². The summed E-state index contributed by atoms with van der Waals surface area (Å²) in [6.07, 6.45) is -0.0855. The molecule has 1 aliphatic heterocycles. The summed E-state index contributed by atoms with van der Waals surface area (Å²) in [6.45, 7) is 2.32. The second-order valence-electron chi connectivity index (χ2n) is 7.28. The molecule has 31 heavy (non-hydrogen) atoms. The van der Waals surface area contributed by atoms with Crippen molar-refractivity contribution in [2.75, 3.05) is 13.7 Å². The van der Waals surface area contributed by atoms with Crippen molar-refractivity contribution in [3.63, 3.8) is 0 Å². The number of aromatic hydroxyl groups is 1. The number of rotatable bonds is 6. The first-order chi connectivity index (χ1) is 15.1. The molecule has 0 saturated carbocycles. The summed E-state index contributed by atoms with van der Waals surface area (Å²) in [5, 5.41) is 14.2. The molecule has 160 valence electrons. The average molecular weight is 420 g/mol. The summed E-state index contributed by atoms with van der Waals surface area (Å²) < 4.78 is 25.5. The molecule has 0 radical (unpaired) electrons. The van der Waals surface area contributed by atoms with Gasteiger partial charge in [-0.15, -0.1) is 0 Å². The highest BCUT2D eigenvalue weighted by molar-refractivity contribution is 6.02. The van der Waals surface area contributed by atoms with Crippen molar-refractivity contribution in [2.24, 2.45) is 4.99 Å². The minimum absolute atomic E-state index is 0.0843. The number of hydrogen-bond acceptors (Lipinski definition) is 5. The van der Waals surface area contributed by atoms with Gasteiger partial charge < -0.3 is 14.6 Å². The highest BCUT2D eigenvalue weighted by Crippen LogP contribution is 2.39. The molecule has 0 amide bonds. The van der Waals surface area contributed by atoms with Gasteiger partial charge in [-0.05, 0) is 36.8 Å². The number of halogens is 1. The van der Waals surface area contributed by atoms with Crippen LogP contribution in [0.5, 0.6) is 17.2 Å². The second-order valence-corrected chi connectivity index (χ2v) is 7.28. The van der Waals surface area contributed by atoms with Crippen LogP contribution in [0, 0.1) is 5.82 Å². The number of para-hydroxylation sites is 1. The molecule has 0 unspecified atom stereocenters. The summed E-state index contributed by atoms with van der Waals surface area (Å²) in [5.41, 5.74) is 2.83. The van der Waals surface area contributed by atoms with Crippen molar-refractivity contribution < 1.29 is 19.0 Å². The molecule has 1 heterocycles. The van der Waals surface area contributed by atoms with Crippen molar-refractivity contribution in [3.8, 4) is 17.2 Å². The van der Waals surface area contributed by atoms with Gasteiger partial charge in [0.1, 0.15) is 17.7 Å². The van der Waals surface area contributed by atoms with Gasteiger partial charge in [0.25, 0.3) is 0 Å². The van der Waals surface area contributed by atoms with E-state index in [-0.39, 0.29) is 17.6 Å². The normalized spacial score (nSPS) is 18.4. The van der Waals surface area contributed by atoms with Crippen LogP contribution in [-0.4, -0.2) is 24.5 Å². The van der Waals surface area contributed by atoms with Gasteiger partial charge in [0.15, 0.2) is 11.5 Å². The van der Waals surface area contributed by atoms with Crippen LogP contribution in [-0.2, 0) is 0 Å². The molecule has 0 aliphatic carbocycles. The van der Waals surface area contributed by atoms with Crippen molar-refractivity contribution in [1.82, 2.24) is 5.32 Å². The van der Waals surface area contributed by atoms with E-state index in [2.05, 4.69) is 5.32 Å². The molecule has 0 spiro atoms. The molecule has 0 saturated heterocycles. The molecule has 0 bridgehead atoms. The highest BCUT2D eigenvalue weighted by Gasteiger charge is 2.29. The molecule has 2 N–H and O–H groups in total. The van der Waals surface area contributed by atoms with Gasteiger partial charge in [0, 0.05) is 29.3 Å². The molecule has 3 aromatic carbocycles. The molecule has 0 aromatic heterocycles. The van der Waals surface area contributed by atoms with Gasteiger partial charge in [-0.25, -0.2) is 4.39 Å². The molecule has 3 aromatic rings. The minimum atomic E-state index is -0.601. The standard InChI is InChI=1S/C25H25FN2O3/c1-3-31-23-13-7-11-19(24(23)29)22-15-21(16-8-6-9-17(14-16)30-2)27-25(28-22)18-10-4-5-12-20(18)26/h4-14,22,25,28-29H,3,15H2,1-2H3/t22-,25+/m0/s1. The third-order valence-electron chi connectivity index (χ3n) is 5.35. The summed E-state index contributed by atoms with van der Waals surface area (Å²) in [6, 6.07) is 19.4. The number of methoxy groups -OCH3 is 1. The van der Waals surface area contributed by atoms with E-state index in [0.717, 1.165) is 17.0 Å². The van der Waals surface area contributed by atoms with Crippen LogP contribution in [0.2, 0.25) is 0 Å². The molecule has 5 nitrogen and oxygen atoms in total. The predicted molar refractivity (Wildman–Crippen MR) is 118 cm³/mol. The number of nitrogens with one attached hydrogen (secondary N) is 1. The molecule has 6 heteroatoms. The summed E-state index contributed by atoms with van der Waals surface area (Å²) in [5.74, 6) is 0.899. The first-order valence-corrected chi connectivity index (χ1v) is 10.3. The molecule has 1 aliphatic rings. The maximum atomic E-state index is 14.6. The topological polar surface area (TPSA) is 63.1 Å². The fourth-order valence-electron chi connectivity index (χ4n) is 3.83. The molecule has 2 atom stereocenters. The smallest absolute Gasteiger partial charge is 0.162 e. The summed E-state index contributed by atoms with van der Waals surface area (Å²) >= 11 is 0. The van der Waals surface area contributed by atoms with Crippen molar-refractivity contribution in [1.29, 1.82) is 0 Å². The molecule has 0 fully saturated rings. The van der Waals surface area contributed by atoms with Crippen LogP contribution >= 0.6 is 0 Å². The highest BCUT2D eigenvalue weighted by atomic mass is 19.1. The monoisotopic (exact) mass is 420 g/mol. The number of nitrogens with zero attached hydrogens (tertiary/aromatic N) is 1. The third-order valence-corrected chi connectivity index (χ3v) is 5.35. The maximum absolute atomic E-state index is 14.6. The summed E-state index contributed by atoms with van der Waals surface area (Å²) in [7, 11) is 1.62. The van der Waals surface area contributed by atoms with Crippen molar-refractivity contribution >= 4 is 5.71 Å². The Balaban J connectivity index is 1.78. The largest absolute Gasteiger partial charge is 0.504 e. The number of benzene rings is 3. The lowest BCUT2D eigenvalue weighted by atomic mass is 9.93. The summed E-state index contributed by atoms with van der Waals surface area (Å²) in [4.78, 5) is 4.82. The first kappa shape index (κ1) is 20.9. The fraction of sp³-hybridized carbons (Fsp3) is 0.240. The zero-order valence-electron chi connectivity index (χ0n) is 17.5. The van der Waals surface area contributed by atoms with E-state index in [1.165, 1.54) is 6.07 Å². The molecular weight excluding hydrogens is 395 g/mol. The lowest BCUT2D eigenvalue weighted by molar-refractivity contribution is 0.313. The van der Waals surface area contributed by atoms with Crippen LogP contribution in [0.25, 0.3) is 0 Å². The van der Waals surface area contributed by atoms with Crippen LogP contribution < -0.4 is 14.8 Å². The zero-order chi connectivity index (χ0) is 21.8. The maximum Gasteiger partial charge on any atom is 0.162 e. The Morgan fingerprint density at radius 1 is 1.06 bits per heavy atom. The van der Waals surface area contributed by atoms with Crippen LogP contribution in [0.15, 0.2) is 71.7 Å². The van der Waals surface area contributed by atoms with Gasteiger partial charge in [-0.2, -0.15) is 0 Å². The Morgan fingerprint density at radius 3 is 2.61 bits per heavy atom. The van der Waals surface area contributed by atoms with Gasteiger partial charge in [-0.1, -0.05) is 42.5 Å². The molecular formula is C25H25FN2O3. The van der Waals surface area contributed by atoms with Crippen molar-refractivity contribution in [3.05, 3.63) is 89.2 Å². The number of phenolic OH excluding ortho intramolecular Hbond substituents is 1. The van der Waals surface area contributed by atoms with E-state index in [0.29, 0.717) is 29.9 Å². The predicted octanol–water partition coefficient (Wildman–Crippen LogP) is 5.16. The number of hydrogen-bond donors (Lipinski definition) is 2. The van der Waals surface area contributed by atoms with Gasteiger partial charge in [-0.3, -0.25) is 10.3 Å². The van der Waals surface area contributed by atoms with Gasteiger partial charge in [0.05, 0.1) is 13.7 Å². The van der Waals surface area contributed by atoms with Crippen LogP contribution in [0.3, 0.4) is 0 Å². The quantitative estimate of drug-likeness (QED) is 0.578. The van der Waals surface area contributed by atoms with Crippen molar-refractivity contribution in [2.45, 2.75) is 25.6 Å². The van der Waals surface area contributed by atoms with E-state index >= 15 is 0 Å². The number of phenols is 1. The minimum Gasteiger partial charge on any atom is -0.504 e. The first-order valence-electron chi connectivity index (χ1n) is 10.3. The lowest BCUT2D eigenvalue weighted by Crippen LogP contribution is -2.33. The van der Waals surface area contributed by atoms with E-state index in [1.54, 1.807) is 31.4 Å². The Kier molecular flexibility index (Phi) is 6.18. The number of ether oxygens (including phenoxy) is 2. The lowest BCUT2D eigenvalue weighted by Gasteiger charge is -2.31. The Labute approximate surface area is 181 Å². The molecule has 4 rings (SSSR count). The van der Waals surface area contributed by atoms with Crippen LogP contribution in [0.1, 0.15) is 42.2 Å². The Hall–Kier alpha value is -3.38. The van der Waals surface area contributed by atoms with Crippen LogP contribution in [0.4, 0.5) is 4.39 Å². The Bertz CT molecular complexity index is 1100. The average Bonchev–Trinajstić information content (AvgIpc) is 2.80. The SMILES string of the molecule is CCOc1cccc([C@@H]2CC(c3cccc(OC)c3)=N[C@@H](c3ccccc3F)N2)c1O. The van der Waals surface area contributed by atoms with Gasteiger partial charge in [0.2, 0.25) is 0 Å². The second kappa shape index (κ2) is 9.18. The van der Waals surface area contributed by atoms with Gasteiger partial charge >= 0.3 is 0 Å².